The van der Waals surface area contributed by atoms with Crippen LogP contribution in [0.15, 0.2) is 24.3 Å². The van der Waals surface area contributed by atoms with E-state index in [2.05, 4.69) is 4.98 Å². The summed E-state index contributed by atoms with van der Waals surface area (Å²) < 4.78 is 75.9. The Kier molecular flexibility index (Phi) is 7.84. The molecule has 2 aromatic heterocycles. The van der Waals surface area contributed by atoms with E-state index in [0.29, 0.717) is 32.1 Å². The number of anilines is 2. The summed E-state index contributed by atoms with van der Waals surface area (Å²) in [6, 6.07) is -0.194. The lowest BCUT2D eigenvalue weighted by Crippen LogP contribution is -2.47. The van der Waals surface area contributed by atoms with Gasteiger partial charge < -0.3 is 14.7 Å². The smallest absolute Gasteiger partial charge is 0.418 e. The largest absolute Gasteiger partial charge is 0.477 e. The molecule has 1 aromatic carbocycles. The Balaban J connectivity index is 1.88. The predicted molar refractivity (Wildman–Crippen MR) is 141 cm³/mol. The lowest BCUT2D eigenvalue weighted by molar-refractivity contribution is -0.136. The van der Waals surface area contributed by atoms with Gasteiger partial charge in [0.2, 0.25) is 0 Å². The van der Waals surface area contributed by atoms with Gasteiger partial charge in [-0.2, -0.15) is 13.2 Å². The summed E-state index contributed by atoms with van der Waals surface area (Å²) in [5.74, 6) is -5.82. The molecule has 0 bridgehead atoms. The van der Waals surface area contributed by atoms with Crippen molar-refractivity contribution in [1.82, 2.24) is 9.88 Å². The topological polar surface area (TPSA) is 120 Å². The molecule has 1 fully saturated rings. The van der Waals surface area contributed by atoms with Crippen molar-refractivity contribution in [3.05, 3.63) is 51.4 Å². The number of halogens is 6. The summed E-state index contributed by atoms with van der Waals surface area (Å²) in [4.78, 5) is 56.2. The number of fused-ring (bicyclic) bond motifs is 1. The number of benzene rings is 1. The molecule has 0 aliphatic carbocycles. The van der Waals surface area contributed by atoms with Crippen molar-refractivity contribution >= 4 is 68.7 Å². The number of hydrogen-bond donors (Lipinski definition) is 1. The fraction of sp³-hybridized carbons (Fsp3) is 0.320. The molecule has 10 nitrogen and oxygen atoms in total. The second-order valence-corrected chi connectivity index (χ2v) is 11.4. The molecular formula is C25H20ClF5N4O6S. The number of aromatic carboxylic acids is 1. The van der Waals surface area contributed by atoms with Crippen LogP contribution in [0.2, 0.25) is 5.02 Å². The number of carboxylic acids is 1. The second kappa shape index (κ2) is 10.7. The zero-order valence-electron chi connectivity index (χ0n) is 22.0. The van der Waals surface area contributed by atoms with Crippen molar-refractivity contribution in [1.29, 1.82) is 0 Å². The zero-order valence-corrected chi connectivity index (χ0v) is 23.6. The predicted octanol–water partition coefficient (Wildman–Crippen LogP) is 6.15. The van der Waals surface area contributed by atoms with Gasteiger partial charge >= 0.3 is 24.3 Å². The first-order valence-corrected chi connectivity index (χ1v) is 13.0. The first kappa shape index (κ1) is 30.9. The highest BCUT2D eigenvalue weighted by Gasteiger charge is 2.49. The van der Waals surface area contributed by atoms with Crippen molar-refractivity contribution in [3.8, 4) is 0 Å². The third kappa shape index (κ3) is 5.68. The van der Waals surface area contributed by atoms with Crippen LogP contribution < -0.4 is 9.80 Å². The number of carbonyl (C=O) groups excluding carboxylic acids is 3. The van der Waals surface area contributed by atoms with Crippen molar-refractivity contribution in [2.45, 2.75) is 38.6 Å². The molecule has 3 aromatic rings. The molecule has 4 amide bonds. The van der Waals surface area contributed by atoms with Crippen molar-refractivity contribution < 1.29 is 51.0 Å². The molecule has 1 atom stereocenters. The van der Waals surface area contributed by atoms with Gasteiger partial charge in [-0.25, -0.2) is 33.0 Å². The highest BCUT2D eigenvalue weighted by Crippen LogP contribution is 2.41. The van der Waals surface area contributed by atoms with Crippen LogP contribution in [0.4, 0.5) is 43.0 Å². The average Bonchev–Trinajstić information content (AvgIpc) is 3.45. The molecule has 224 valence electrons. The van der Waals surface area contributed by atoms with E-state index in [0.717, 1.165) is 25.2 Å². The number of hydrogen-bond acceptors (Lipinski definition) is 7. The fourth-order valence-electron chi connectivity index (χ4n) is 4.09. The van der Waals surface area contributed by atoms with E-state index in [1.54, 1.807) is 0 Å². The highest BCUT2D eigenvalue weighted by molar-refractivity contribution is 7.20. The van der Waals surface area contributed by atoms with E-state index < -0.39 is 97.2 Å². The number of nitrogens with zero attached hydrogens (tertiary/aromatic N) is 4. The highest BCUT2D eigenvalue weighted by atomic mass is 35.5. The summed E-state index contributed by atoms with van der Waals surface area (Å²) in [7, 11) is 1.05. The fourth-order valence-corrected chi connectivity index (χ4v) is 5.14. The minimum Gasteiger partial charge on any atom is -0.477 e. The monoisotopic (exact) mass is 634 g/mol. The molecule has 0 spiro atoms. The molecule has 3 heterocycles. The maximum atomic E-state index is 14.8. The number of pyridine rings is 1. The van der Waals surface area contributed by atoms with Crippen molar-refractivity contribution in [3.63, 3.8) is 0 Å². The normalized spacial score (nSPS) is 15.9. The van der Waals surface area contributed by atoms with Gasteiger partial charge in [-0.1, -0.05) is 11.6 Å². The summed E-state index contributed by atoms with van der Waals surface area (Å²) in [6.45, 7) is 3.72. The van der Waals surface area contributed by atoms with Crippen LogP contribution in [-0.2, 0) is 15.7 Å². The lowest BCUT2D eigenvalue weighted by atomic mass is 10.1. The standard InChI is InChI=1S/C25H20ClF5N4O6S/c1-24(2,3)41-23(40)34-9-14(20(36)33(4)13-6-5-12(27)17(26)18(13)28)35(22(34)39)16-8-11(25(29,30)31)10-7-15(21(37)38)42-19(10)32-16/h5-8,14H,9H2,1-4H3,(H,37,38)/t14-/m0/s1. The number of rotatable bonds is 4. The van der Waals surface area contributed by atoms with E-state index >= 15 is 0 Å². The summed E-state index contributed by atoms with van der Waals surface area (Å²) >= 11 is 6.02. The molecule has 42 heavy (non-hydrogen) atoms. The molecule has 1 N–H and O–H groups in total. The van der Waals surface area contributed by atoms with E-state index in [1.807, 2.05) is 0 Å². The Bertz CT molecular complexity index is 1640. The number of ether oxygens (including phenoxy) is 1. The molecule has 0 unspecified atom stereocenters. The van der Waals surface area contributed by atoms with Gasteiger partial charge in [0, 0.05) is 12.4 Å². The third-order valence-corrected chi connectivity index (χ3v) is 7.33. The van der Waals surface area contributed by atoms with Gasteiger partial charge in [0.1, 0.15) is 38.0 Å². The van der Waals surface area contributed by atoms with Crippen LogP contribution in [0.25, 0.3) is 10.2 Å². The molecular weight excluding hydrogens is 615 g/mol. The molecule has 0 saturated carbocycles. The minimum absolute atomic E-state index is 0.394. The Morgan fingerprint density at radius 2 is 1.81 bits per heavy atom. The Morgan fingerprint density at radius 3 is 2.38 bits per heavy atom. The number of thiophene rings is 1. The van der Waals surface area contributed by atoms with Gasteiger partial charge in [-0.05, 0) is 45.0 Å². The van der Waals surface area contributed by atoms with Crippen LogP contribution in [0.3, 0.4) is 0 Å². The van der Waals surface area contributed by atoms with Crippen molar-refractivity contribution in [2.75, 3.05) is 23.4 Å². The van der Waals surface area contributed by atoms with Crippen LogP contribution >= 0.6 is 22.9 Å². The number of alkyl halides is 3. The van der Waals surface area contributed by atoms with Crippen molar-refractivity contribution in [2.24, 2.45) is 0 Å². The molecule has 1 aliphatic rings. The third-order valence-electron chi connectivity index (χ3n) is 5.97. The Morgan fingerprint density at radius 1 is 1.17 bits per heavy atom. The van der Waals surface area contributed by atoms with Crippen LogP contribution in [0.1, 0.15) is 36.0 Å². The molecule has 1 aliphatic heterocycles. The van der Waals surface area contributed by atoms with Gasteiger partial charge in [0.15, 0.2) is 5.82 Å². The zero-order chi connectivity index (χ0) is 31.5. The second-order valence-electron chi connectivity index (χ2n) is 10.0. The number of urea groups is 1. The van der Waals surface area contributed by atoms with E-state index in [9.17, 15) is 46.2 Å². The Hall–Kier alpha value is -4.05. The van der Waals surface area contributed by atoms with Crippen LogP contribution in [0.5, 0.6) is 0 Å². The number of carbonyl (C=O) groups is 4. The van der Waals surface area contributed by atoms with E-state index in [1.165, 1.54) is 20.8 Å². The van der Waals surface area contributed by atoms with Gasteiger partial charge in [-0.3, -0.25) is 9.69 Å². The molecule has 0 radical (unpaired) electrons. The van der Waals surface area contributed by atoms with E-state index in [-0.39, 0.29) is 0 Å². The quantitative estimate of drug-likeness (QED) is 0.270. The molecule has 1 saturated heterocycles. The first-order chi connectivity index (χ1) is 19.3. The Labute approximate surface area is 242 Å². The lowest BCUT2D eigenvalue weighted by Gasteiger charge is -2.27. The summed E-state index contributed by atoms with van der Waals surface area (Å²) in [5, 5.41) is 7.80. The van der Waals surface area contributed by atoms with Gasteiger partial charge in [-0.15, -0.1) is 11.3 Å². The van der Waals surface area contributed by atoms with Crippen LogP contribution in [-0.4, -0.2) is 64.2 Å². The molecule has 4 rings (SSSR count). The number of amides is 4. The number of imide groups is 1. The SMILES string of the molecule is CN(C(=O)[C@@H]1CN(C(=O)OC(C)(C)C)C(=O)N1c1cc(C(F)(F)F)c2cc(C(=O)O)sc2n1)c1ccc(F)c(Cl)c1F. The average molecular weight is 635 g/mol. The van der Waals surface area contributed by atoms with Crippen LogP contribution in [0, 0.1) is 11.6 Å². The minimum atomic E-state index is -5.05. The molecule has 17 heteroatoms. The number of likely N-dealkylation sites (N-methyl/N-ethyl adjacent to an activating group) is 1. The number of aromatic nitrogens is 1. The summed E-state index contributed by atoms with van der Waals surface area (Å²) in [6.07, 6.45) is -6.28. The first-order valence-electron chi connectivity index (χ1n) is 11.8. The maximum absolute atomic E-state index is 14.8. The van der Waals surface area contributed by atoms with E-state index in [4.69, 9.17) is 16.3 Å². The van der Waals surface area contributed by atoms with Gasteiger partial charge in [0.25, 0.3) is 5.91 Å². The number of carboxylic acid groups (broad SMARTS) is 1. The summed E-state index contributed by atoms with van der Waals surface area (Å²) in [5.41, 5.74) is -3.00. The maximum Gasteiger partial charge on any atom is 0.418 e. The van der Waals surface area contributed by atoms with Gasteiger partial charge in [0.05, 0.1) is 17.8 Å².